The smallest absolute Gasteiger partial charge is 0.0240 e. The van der Waals surface area contributed by atoms with Gasteiger partial charge in [0.25, 0.3) is 0 Å². The monoisotopic (exact) mass is 313 g/mol. The molecular formula is C23H23N. The topological polar surface area (TPSA) is 3.24 Å². The number of rotatable bonds is 4. The fourth-order valence-electron chi connectivity index (χ4n) is 3.83. The molecule has 1 heterocycles. The molecular weight excluding hydrogens is 290 g/mol. The highest BCUT2D eigenvalue weighted by Crippen LogP contribution is 2.31. The highest BCUT2D eigenvalue weighted by atomic mass is 15.1. The van der Waals surface area contributed by atoms with Gasteiger partial charge >= 0.3 is 0 Å². The van der Waals surface area contributed by atoms with Gasteiger partial charge in [0.2, 0.25) is 0 Å². The van der Waals surface area contributed by atoms with Crippen molar-refractivity contribution in [3.05, 3.63) is 107 Å². The first-order valence-corrected chi connectivity index (χ1v) is 8.76. The van der Waals surface area contributed by atoms with E-state index in [2.05, 4.69) is 89.8 Å². The average Bonchev–Trinajstić information content (AvgIpc) is 2.63. The lowest BCUT2D eigenvalue weighted by Gasteiger charge is -2.35. The standard InChI is InChI=1S/C23H23N/c1-3-9-19(10-4-1)15-22-18-24(16-20-11-5-2-6-12-20)17-21-13-7-8-14-23(21)22/h1-14,22H,15-18H2/t22-/m0/s1. The Morgan fingerprint density at radius 1 is 0.708 bits per heavy atom. The van der Waals surface area contributed by atoms with Crippen LogP contribution in [0.4, 0.5) is 0 Å². The number of hydrogen-bond acceptors (Lipinski definition) is 1. The molecule has 3 aromatic rings. The van der Waals surface area contributed by atoms with Gasteiger partial charge in [0.05, 0.1) is 0 Å². The van der Waals surface area contributed by atoms with Crippen molar-refractivity contribution in [2.75, 3.05) is 6.54 Å². The molecule has 0 saturated heterocycles. The summed E-state index contributed by atoms with van der Waals surface area (Å²) in [6.07, 6.45) is 1.11. The molecule has 0 bridgehead atoms. The summed E-state index contributed by atoms with van der Waals surface area (Å²) in [6, 6.07) is 30.7. The Kier molecular flexibility index (Phi) is 4.44. The van der Waals surface area contributed by atoms with E-state index in [0.717, 1.165) is 26.1 Å². The van der Waals surface area contributed by atoms with Crippen LogP contribution in [-0.2, 0) is 19.5 Å². The van der Waals surface area contributed by atoms with E-state index in [1.54, 1.807) is 0 Å². The van der Waals surface area contributed by atoms with Gasteiger partial charge in [-0.3, -0.25) is 4.90 Å². The van der Waals surface area contributed by atoms with Crippen LogP contribution in [0.25, 0.3) is 0 Å². The van der Waals surface area contributed by atoms with Gasteiger partial charge in [-0.05, 0) is 28.7 Å². The summed E-state index contributed by atoms with van der Waals surface area (Å²) in [6.45, 7) is 3.21. The number of benzene rings is 3. The summed E-state index contributed by atoms with van der Waals surface area (Å²) in [5.41, 5.74) is 5.85. The van der Waals surface area contributed by atoms with Crippen LogP contribution >= 0.6 is 0 Å². The van der Waals surface area contributed by atoms with Crippen molar-refractivity contribution < 1.29 is 0 Å². The SMILES string of the molecule is c1ccc(C[C@H]2CN(Cc3ccccc3)Cc3ccccc32)cc1. The van der Waals surface area contributed by atoms with Crippen molar-refractivity contribution in [1.29, 1.82) is 0 Å². The van der Waals surface area contributed by atoms with Crippen LogP contribution in [0, 0.1) is 0 Å². The van der Waals surface area contributed by atoms with E-state index in [0.29, 0.717) is 5.92 Å². The van der Waals surface area contributed by atoms with Gasteiger partial charge < -0.3 is 0 Å². The molecule has 0 unspecified atom stereocenters. The Labute approximate surface area is 144 Å². The molecule has 1 nitrogen and oxygen atoms in total. The molecule has 0 aromatic heterocycles. The van der Waals surface area contributed by atoms with Gasteiger partial charge in [-0.25, -0.2) is 0 Å². The minimum absolute atomic E-state index is 0.570. The zero-order chi connectivity index (χ0) is 16.2. The fourth-order valence-corrected chi connectivity index (χ4v) is 3.83. The number of nitrogens with zero attached hydrogens (tertiary/aromatic N) is 1. The summed E-state index contributed by atoms with van der Waals surface area (Å²) in [4.78, 5) is 2.59. The van der Waals surface area contributed by atoms with E-state index in [4.69, 9.17) is 0 Å². The molecule has 0 N–H and O–H groups in total. The lowest BCUT2D eigenvalue weighted by atomic mass is 9.85. The predicted molar refractivity (Wildman–Crippen MR) is 99.9 cm³/mol. The molecule has 0 spiro atoms. The van der Waals surface area contributed by atoms with Crippen molar-refractivity contribution in [2.24, 2.45) is 0 Å². The maximum atomic E-state index is 2.59. The summed E-state index contributed by atoms with van der Waals surface area (Å²) >= 11 is 0. The minimum atomic E-state index is 0.570. The first-order valence-electron chi connectivity index (χ1n) is 8.76. The molecule has 0 aliphatic carbocycles. The molecule has 0 radical (unpaired) electrons. The van der Waals surface area contributed by atoms with Gasteiger partial charge in [0.1, 0.15) is 0 Å². The Morgan fingerprint density at radius 3 is 2.08 bits per heavy atom. The van der Waals surface area contributed by atoms with Crippen LogP contribution in [0.5, 0.6) is 0 Å². The molecule has 3 aromatic carbocycles. The molecule has 1 atom stereocenters. The molecule has 120 valence electrons. The summed E-state index contributed by atoms with van der Waals surface area (Å²) < 4.78 is 0. The highest BCUT2D eigenvalue weighted by molar-refractivity contribution is 5.34. The van der Waals surface area contributed by atoms with E-state index in [9.17, 15) is 0 Å². The zero-order valence-corrected chi connectivity index (χ0v) is 13.9. The summed E-state index contributed by atoms with van der Waals surface area (Å²) in [5.74, 6) is 0.570. The predicted octanol–water partition coefficient (Wildman–Crippen LogP) is 5.03. The molecule has 1 heteroatoms. The fraction of sp³-hybridized carbons (Fsp3) is 0.217. The Morgan fingerprint density at radius 2 is 1.33 bits per heavy atom. The first kappa shape index (κ1) is 15.2. The Bertz CT molecular complexity index is 779. The van der Waals surface area contributed by atoms with E-state index in [-0.39, 0.29) is 0 Å². The normalized spacial score (nSPS) is 17.4. The first-order chi connectivity index (χ1) is 11.9. The second-order valence-electron chi connectivity index (χ2n) is 6.74. The maximum Gasteiger partial charge on any atom is 0.0240 e. The van der Waals surface area contributed by atoms with Gasteiger partial charge in [0.15, 0.2) is 0 Å². The van der Waals surface area contributed by atoms with Crippen LogP contribution < -0.4 is 0 Å². The highest BCUT2D eigenvalue weighted by Gasteiger charge is 2.25. The van der Waals surface area contributed by atoms with Crippen LogP contribution in [0.3, 0.4) is 0 Å². The lowest BCUT2D eigenvalue weighted by molar-refractivity contribution is 0.220. The third-order valence-electron chi connectivity index (χ3n) is 4.94. The molecule has 1 aliphatic rings. The van der Waals surface area contributed by atoms with E-state index < -0.39 is 0 Å². The van der Waals surface area contributed by atoms with Crippen LogP contribution in [0.2, 0.25) is 0 Å². The van der Waals surface area contributed by atoms with Crippen LogP contribution in [0.1, 0.15) is 28.2 Å². The molecule has 0 fully saturated rings. The number of fused-ring (bicyclic) bond motifs is 1. The van der Waals surface area contributed by atoms with E-state index >= 15 is 0 Å². The summed E-state index contributed by atoms with van der Waals surface area (Å²) in [5, 5.41) is 0. The number of hydrogen-bond donors (Lipinski definition) is 0. The summed E-state index contributed by atoms with van der Waals surface area (Å²) in [7, 11) is 0. The van der Waals surface area contributed by atoms with Gasteiger partial charge in [-0.2, -0.15) is 0 Å². The van der Waals surface area contributed by atoms with Crippen molar-refractivity contribution in [3.63, 3.8) is 0 Å². The van der Waals surface area contributed by atoms with E-state index in [1.807, 2.05) is 0 Å². The zero-order valence-electron chi connectivity index (χ0n) is 13.9. The molecule has 0 amide bonds. The van der Waals surface area contributed by atoms with Crippen molar-refractivity contribution >= 4 is 0 Å². The van der Waals surface area contributed by atoms with Gasteiger partial charge in [0, 0.05) is 25.6 Å². The molecule has 4 rings (SSSR count). The van der Waals surface area contributed by atoms with Crippen LogP contribution in [0.15, 0.2) is 84.9 Å². The second kappa shape index (κ2) is 7.02. The lowest BCUT2D eigenvalue weighted by Crippen LogP contribution is -2.34. The average molecular weight is 313 g/mol. The third-order valence-corrected chi connectivity index (χ3v) is 4.94. The van der Waals surface area contributed by atoms with Gasteiger partial charge in [-0.1, -0.05) is 84.9 Å². The minimum Gasteiger partial charge on any atom is -0.294 e. The Balaban J connectivity index is 1.58. The molecule has 24 heavy (non-hydrogen) atoms. The maximum absolute atomic E-state index is 2.59. The second-order valence-corrected chi connectivity index (χ2v) is 6.74. The van der Waals surface area contributed by atoms with Crippen molar-refractivity contribution in [1.82, 2.24) is 4.90 Å². The molecule has 0 saturated carbocycles. The van der Waals surface area contributed by atoms with Gasteiger partial charge in [-0.15, -0.1) is 0 Å². The third kappa shape index (κ3) is 3.42. The van der Waals surface area contributed by atoms with Crippen molar-refractivity contribution in [2.45, 2.75) is 25.4 Å². The Hall–Kier alpha value is -2.38. The van der Waals surface area contributed by atoms with E-state index in [1.165, 1.54) is 22.3 Å². The largest absolute Gasteiger partial charge is 0.294 e. The van der Waals surface area contributed by atoms with Crippen molar-refractivity contribution in [3.8, 4) is 0 Å². The van der Waals surface area contributed by atoms with Crippen LogP contribution in [-0.4, -0.2) is 11.4 Å². The quantitative estimate of drug-likeness (QED) is 0.653. The molecule has 1 aliphatic heterocycles.